The maximum atomic E-state index is 12.5. The molecule has 0 saturated heterocycles. The van der Waals surface area contributed by atoms with Gasteiger partial charge in [-0.1, -0.05) is 32.0 Å². The van der Waals surface area contributed by atoms with Crippen LogP contribution in [0.2, 0.25) is 0 Å². The molecular formula is C19H27NO. The van der Waals surface area contributed by atoms with Crippen molar-refractivity contribution in [2.75, 3.05) is 18.0 Å². The van der Waals surface area contributed by atoms with Gasteiger partial charge >= 0.3 is 0 Å². The van der Waals surface area contributed by atoms with Crippen molar-refractivity contribution in [1.82, 2.24) is 0 Å². The number of benzene rings is 1. The number of fused-ring (bicyclic) bond motifs is 1. The molecule has 0 bridgehead atoms. The van der Waals surface area contributed by atoms with Crippen LogP contribution in [0.4, 0.5) is 5.69 Å². The summed E-state index contributed by atoms with van der Waals surface area (Å²) in [5.41, 5.74) is 2.83. The lowest BCUT2D eigenvalue weighted by Crippen LogP contribution is -2.40. The number of hydrogen-bond donors (Lipinski definition) is 0. The van der Waals surface area contributed by atoms with Crippen LogP contribution in [0.1, 0.15) is 45.1 Å². The molecule has 0 aromatic heterocycles. The second kappa shape index (κ2) is 6.21. The molecule has 2 aliphatic rings. The highest BCUT2D eigenvalue weighted by molar-refractivity contribution is 5.83. The van der Waals surface area contributed by atoms with Crippen molar-refractivity contribution in [3.8, 4) is 0 Å². The summed E-state index contributed by atoms with van der Waals surface area (Å²) >= 11 is 0. The molecule has 1 aliphatic heterocycles. The molecule has 114 valence electrons. The van der Waals surface area contributed by atoms with Gasteiger partial charge in [0.05, 0.1) is 0 Å². The SMILES string of the molecule is CC1CC(=O)C(CN2CCCCc3ccccc32)C(C)C1. The zero-order valence-electron chi connectivity index (χ0n) is 13.3. The molecule has 0 N–H and O–H groups in total. The molecule has 21 heavy (non-hydrogen) atoms. The molecule has 1 aromatic rings. The van der Waals surface area contributed by atoms with Gasteiger partial charge in [0.2, 0.25) is 0 Å². The fourth-order valence-corrected chi connectivity index (χ4v) is 4.17. The zero-order valence-corrected chi connectivity index (χ0v) is 13.3. The van der Waals surface area contributed by atoms with Crippen molar-refractivity contribution in [1.29, 1.82) is 0 Å². The predicted octanol–water partition coefficient (Wildman–Crippen LogP) is 4.08. The minimum Gasteiger partial charge on any atom is -0.371 e. The van der Waals surface area contributed by atoms with Gasteiger partial charge < -0.3 is 4.90 Å². The Morgan fingerprint density at radius 2 is 2.00 bits per heavy atom. The highest BCUT2D eigenvalue weighted by Crippen LogP contribution is 2.34. The number of ketones is 1. The molecular weight excluding hydrogens is 258 g/mol. The van der Waals surface area contributed by atoms with E-state index in [1.54, 1.807) is 0 Å². The lowest BCUT2D eigenvalue weighted by Gasteiger charge is -2.36. The average Bonchev–Trinajstić information content (AvgIpc) is 2.65. The normalized spacial score (nSPS) is 29.9. The lowest BCUT2D eigenvalue weighted by atomic mass is 9.74. The third-order valence-electron chi connectivity index (χ3n) is 5.30. The summed E-state index contributed by atoms with van der Waals surface area (Å²) in [6, 6.07) is 8.76. The van der Waals surface area contributed by atoms with Crippen molar-refractivity contribution in [2.45, 2.75) is 46.0 Å². The fraction of sp³-hybridized carbons (Fsp3) is 0.632. The van der Waals surface area contributed by atoms with Crippen LogP contribution in [0.3, 0.4) is 0 Å². The summed E-state index contributed by atoms with van der Waals surface area (Å²) in [5.74, 6) is 1.81. The van der Waals surface area contributed by atoms with Gasteiger partial charge in [-0.05, 0) is 49.1 Å². The van der Waals surface area contributed by atoms with E-state index in [-0.39, 0.29) is 5.92 Å². The van der Waals surface area contributed by atoms with E-state index >= 15 is 0 Å². The Morgan fingerprint density at radius 3 is 2.81 bits per heavy atom. The van der Waals surface area contributed by atoms with Crippen molar-refractivity contribution in [2.24, 2.45) is 17.8 Å². The van der Waals surface area contributed by atoms with Gasteiger partial charge in [0.1, 0.15) is 5.78 Å². The van der Waals surface area contributed by atoms with Crippen molar-refractivity contribution in [3.05, 3.63) is 29.8 Å². The van der Waals surface area contributed by atoms with E-state index in [2.05, 4.69) is 43.0 Å². The minimum atomic E-state index is 0.229. The van der Waals surface area contributed by atoms with Crippen molar-refractivity contribution < 1.29 is 4.79 Å². The van der Waals surface area contributed by atoms with E-state index in [4.69, 9.17) is 0 Å². The van der Waals surface area contributed by atoms with Gasteiger partial charge in [0.25, 0.3) is 0 Å². The molecule has 0 amide bonds. The topological polar surface area (TPSA) is 20.3 Å². The Morgan fingerprint density at radius 1 is 1.19 bits per heavy atom. The van der Waals surface area contributed by atoms with E-state index in [9.17, 15) is 4.79 Å². The Hall–Kier alpha value is -1.31. The summed E-state index contributed by atoms with van der Waals surface area (Å²) in [6.07, 6.45) is 5.66. The van der Waals surface area contributed by atoms with E-state index < -0.39 is 0 Å². The predicted molar refractivity (Wildman–Crippen MR) is 87.7 cm³/mol. The first kappa shape index (κ1) is 14.6. The van der Waals surface area contributed by atoms with Gasteiger partial charge in [-0.3, -0.25) is 4.79 Å². The lowest BCUT2D eigenvalue weighted by molar-refractivity contribution is -0.127. The molecule has 1 fully saturated rings. The molecule has 1 aromatic carbocycles. The standard InChI is InChI=1S/C19H27NO/c1-14-11-15(2)17(19(21)12-14)13-20-10-6-5-8-16-7-3-4-9-18(16)20/h3-4,7,9,14-15,17H,5-6,8,10-13H2,1-2H3. The molecule has 1 saturated carbocycles. The number of carbonyl (C=O) groups excluding carboxylic acids is 1. The molecule has 1 heterocycles. The van der Waals surface area contributed by atoms with Gasteiger partial charge in [0.15, 0.2) is 0 Å². The number of aryl methyl sites for hydroxylation is 1. The highest BCUT2D eigenvalue weighted by atomic mass is 16.1. The second-order valence-electron chi connectivity index (χ2n) is 7.13. The van der Waals surface area contributed by atoms with Crippen LogP contribution in [0.5, 0.6) is 0 Å². The Bertz CT molecular complexity index is 510. The second-order valence-corrected chi connectivity index (χ2v) is 7.13. The van der Waals surface area contributed by atoms with E-state index in [0.29, 0.717) is 17.6 Å². The number of para-hydroxylation sites is 1. The van der Waals surface area contributed by atoms with Crippen molar-refractivity contribution >= 4 is 11.5 Å². The molecule has 0 spiro atoms. The number of nitrogens with zero attached hydrogens (tertiary/aromatic N) is 1. The molecule has 3 unspecified atom stereocenters. The maximum Gasteiger partial charge on any atom is 0.138 e. The van der Waals surface area contributed by atoms with Gasteiger partial charge in [-0.25, -0.2) is 0 Å². The third-order valence-corrected chi connectivity index (χ3v) is 5.30. The Balaban J connectivity index is 1.79. The quantitative estimate of drug-likeness (QED) is 0.816. The zero-order chi connectivity index (χ0) is 14.8. The fourth-order valence-electron chi connectivity index (χ4n) is 4.17. The van der Waals surface area contributed by atoms with Crippen LogP contribution in [-0.2, 0) is 11.2 Å². The van der Waals surface area contributed by atoms with Crippen LogP contribution in [0.15, 0.2) is 24.3 Å². The molecule has 3 rings (SSSR count). The molecule has 1 aliphatic carbocycles. The summed E-state index contributed by atoms with van der Waals surface area (Å²) in [7, 11) is 0. The number of Topliss-reactive ketones (excluding diaryl/α,β-unsaturated/α-hetero) is 1. The van der Waals surface area contributed by atoms with Gasteiger partial charge in [-0.15, -0.1) is 0 Å². The van der Waals surface area contributed by atoms with Gasteiger partial charge in [-0.2, -0.15) is 0 Å². The van der Waals surface area contributed by atoms with Crippen LogP contribution in [-0.4, -0.2) is 18.9 Å². The first-order chi connectivity index (χ1) is 10.1. The maximum absolute atomic E-state index is 12.5. The number of hydrogen-bond acceptors (Lipinski definition) is 2. The van der Waals surface area contributed by atoms with E-state index in [1.165, 1.54) is 36.9 Å². The number of rotatable bonds is 2. The van der Waals surface area contributed by atoms with Crippen LogP contribution in [0.25, 0.3) is 0 Å². The highest BCUT2D eigenvalue weighted by Gasteiger charge is 2.34. The summed E-state index contributed by atoms with van der Waals surface area (Å²) < 4.78 is 0. The molecule has 3 atom stereocenters. The monoisotopic (exact) mass is 285 g/mol. The van der Waals surface area contributed by atoms with Gasteiger partial charge in [0, 0.05) is 31.1 Å². The van der Waals surface area contributed by atoms with Crippen LogP contribution in [0, 0.1) is 17.8 Å². The third kappa shape index (κ3) is 3.14. The minimum absolute atomic E-state index is 0.229. The van der Waals surface area contributed by atoms with Crippen LogP contribution < -0.4 is 4.90 Å². The Kier molecular flexibility index (Phi) is 4.32. The molecule has 2 heteroatoms. The van der Waals surface area contributed by atoms with Crippen LogP contribution >= 0.6 is 0 Å². The van der Waals surface area contributed by atoms with E-state index in [0.717, 1.165) is 19.5 Å². The first-order valence-electron chi connectivity index (χ1n) is 8.50. The summed E-state index contributed by atoms with van der Waals surface area (Å²) in [6.45, 7) is 6.50. The molecule has 0 radical (unpaired) electrons. The Labute approximate surface area is 128 Å². The summed E-state index contributed by atoms with van der Waals surface area (Å²) in [4.78, 5) is 14.9. The number of anilines is 1. The number of carbonyl (C=O) groups is 1. The first-order valence-corrected chi connectivity index (χ1v) is 8.50. The van der Waals surface area contributed by atoms with Crippen molar-refractivity contribution in [3.63, 3.8) is 0 Å². The smallest absolute Gasteiger partial charge is 0.138 e. The molecule has 2 nitrogen and oxygen atoms in total. The largest absolute Gasteiger partial charge is 0.371 e. The summed E-state index contributed by atoms with van der Waals surface area (Å²) in [5, 5.41) is 0. The average molecular weight is 285 g/mol. The van der Waals surface area contributed by atoms with E-state index in [1.807, 2.05) is 0 Å².